The molecule has 29 heavy (non-hydrogen) atoms. The minimum Gasteiger partial charge on any atom is -0.493 e. The van der Waals surface area contributed by atoms with Gasteiger partial charge in [0.1, 0.15) is 5.82 Å². The number of aromatic amines is 1. The van der Waals surface area contributed by atoms with E-state index in [1.165, 1.54) is 0 Å². The van der Waals surface area contributed by atoms with Gasteiger partial charge in [0.05, 0.1) is 24.2 Å². The van der Waals surface area contributed by atoms with Crippen molar-refractivity contribution in [1.82, 2.24) is 15.3 Å². The first kappa shape index (κ1) is 20.5. The van der Waals surface area contributed by atoms with Gasteiger partial charge < -0.3 is 19.8 Å². The number of benzene rings is 2. The summed E-state index contributed by atoms with van der Waals surface area (Å²) in [7, 11) is 1.58. The average Bonchev–Trinajstić information content (AvgIpc) is 3.14. The lowest BCUT2D eigenvalue weighted by Gasteiger charge is -2.20. The maximum atomic E-state index is 12.6. The Bertz CT molecular complexity index is 975. The number of rotatable bonds is 8. The van der Waals surface area contributed by atoms with E-state index in [2.05, 4.69) is 15.3 Å². The highest BCUT2D eigenvalue weighted by atomic mass is 16.5. The van der Waals surface area contributed by atoms with Crippen LogP contribution in [0.25, 0.3) is 17.1 Å². The summed E-state index contributed by atoms with van der Waals surface area (Å²) in [5.41, 5.74) is 2.83. The normalized spacial score (nSPS) is 12.4. The minimum absolute atomic E-state index is 0.108. The topological polar surface area (TPSA) is 76.2 Å². The molecule has 152 valence electrons. The summed E-state index contributed by atoms with van der Waals surface area (Å²) in [4.78, 5) is 20.5. The third-order valence-electron chi connectivity index (χ3n) is 4.59. The van der Waals surface area contributed by atoms with E-state index in [4.69, 9.17) is 9.47 Å². The number of imidazole rings is 1. The van der Waals surface area contributed by atoms with Gasteiger partial charge in [0.15, 0.2) is 18.1 Å². The number of hydrogen-bond donors (Lipinski definition) is 2. The van der Waals surface area contributed by atoms with Gasteiger partial charge in [-0.05, 0) is 42.7 Å². The predicted octanol–water partition coefficient (Wildman–Crippen LogP) is 4.50. The largest absolute Gasteiger partial charge is 0.493 e. The van der Waals surface area contributed by atoms with Crippen LogP contribution in [-0.4, -0.2) is 29.6 Å². The number of carbonyl (C=O) groups is 1. The fraction of sp³-hybridized carbons (Fsp3) is 0.304. The summed E-state index contributed by atoms with van der Waals surface area (Å²) in [6, 6.07) is 13.2. The van der Waals surface area contributed by atoms with Crippen molar-refractivity contribution in [3.8, 4) is 11.5 Å². The monoisotopic (exact) mass is 393 g/mol. The van der Waals surface area contributed by atoms with E-state index in [0.29, 0.717) is 11.5 Å². The molecule has 3 rings (SSSR count). The summed E-state index contributed by atoms with van der Waals surface area (Å²) in [6.45, 7) is 5.93. The lowest BCUT2D eigenvalue weighted by Crippen LogP contribution is -2.35. The highest BCUT2D eigenvalue weighted by Gasteiger charge is 2.22. The van der Waals surface area contributed by atoms with Crippen LogP contribution < -0.4 is 14.8 Å². The van der Waals surface area contributed by atoms with Gasteiger partial charge in [0.25, 0.3) is 5.91 Å². The summed E-state index contributed by atoms with van der Waals surface area (Å²) in [5, 5.41) is 3.02. The predicted molar refractivity (Wildman–Crippen MR) is 115 cm³/mol. The van der Waals surface area contributed by atoms with Gasteiger partial charge in [-0.1, -0.05) is 44.2 Å². The number of carbonyl (C=O) groups excluding carboxylic acids is 1. The molecular formula is C23H27N3O3. The van der Waals surface area contributed by atoms with Crippen LogP contribution in [0.4, 0.5) is 0 Å². The van der Waals surface area contributed by atoms with E-state index in [9.17, 15) is 4.79 Å². The summed E-state index contributed by atoms with van der Waals surface area (Å²) < 4.78 is 11.1. The number of nitrogens with one attached hydrogen (secondary N) is 2. The fourth-order valence-corrected chi connectivity index (χ4v) is 3.13. The van der Waals surface area contributed by atoms with Crippen LogP contribution in [0.5, 0.6) is 11.5 Å². The molecule has 1 amide bonds. The molecule has 6 nitrogen and oxygen atoms in total. The molecule has 6 heteroatoms. The molecule has 1 atom stereocenters. The third kappa shape index (κ3) is 4.96. The number of H-pyrrole nitrogens is 1. The van der Waals surface area contributed by atoms with E-state index in [0.717, 1.165) is 22.4 Å². The SMILES string of the molecule is C/C=C/c1ccc(OCC(=O)NC(c2nc3ccccc3[nH]2)C(C)C)c(OC)c1. The molecule has 0 radical (unpaired) electrons. The summed E-state index contributed by atoms with van der Waals surface area (Å²) in [6.07, 6.45) is 3.92. The average molecular weight is 393 g/mol. The summed E-state index contributed by atoms with van der Waals surface area (Å²) in [5.74, 6) is 1.80. The zero-order valence-corrected chi connectivity index (χ0v) is 17.2. The Morgan fingerprint density at radius 1 is 1.21 bits per heavy atom. The number of nitrogens with zero attached hydrogens (tertiary/aromatic N) is 1. The number of hydrogen-bond acceptors (Lipinski definition) is 4. The lowest BCUT2D eigenvalue weighted by atomic mass is 10.0. The second kappa shape index (κ2) is 9.28. The Hall–Kier alpha value is -3.28. The first-order valence-electron chi connectivity index (χ1n) is 9.69. The first-order valence-corrected chi connectivity index (χ1v) is 9.69. The molecule has 2 N–H and O–H groups in total. The van der Waals surface area contributed by atoms with Crippen LogP contribution in [0.1, 0.15) is 38.2 Å². The molecule has 0 fully saturated rings. The van der Waals surface area contributed by atoms with Gasteiger partial charge in [-0.15, -0.1) is 0 Å². The second-order valence-corrected chi connectivity index (χ2v) is 7.13. The van der Waals surface area contributed by atoms with Crippen molar-refractivity contribution in [3.63, 3.8) is 0 Å². The zero-order chi connectivity index (χ0) is 20.8. The third-order valence-corrected chi connectivity index (χ3v) is 4.59. The Labute approximate surface area is 170 Å². The highest BCUT2D eigenvalue weighted by molar-refractivity contribution is 5.79. The Balaban J connectivity index is 1.68. The Morgan fingerprint density at radius 3 is 2.69 bits per heavy atom. The van der Waals surface area contributed by atoms with Crippen LogP contribution in [0, 0.1) is 5.92 Å². The van der Waals surface area contributed by atoms with Crippen LogP contribution >= 0.6 is 0 Å². The van der Waals surface area contributed by atoms with Crippen molar-refractivity contribution in [3.05, 3.63) is 59.9 Å². The molecule has 1 heterocycles. The molecular weight excluding hydrogens is 366 g/mol. The number of fused-ring (bicyclic) bond motifs is 1. The van der Waals surface area contributed by atoms with E-state index >= 15 is 0 Å². The van der Waals surface area contributed by atoms with Gasteiger partial charge in [0, 0.05) is 0 Å². The molecule has 2 aromatic carbocycles. The minimum atomic E-state index is -0.238. The lowest BCUT2D eigenvalue weighted by molar-refractivity contribution is -0.124. The molecule has 0 spiro atoms. The maximum Gasteiger partial charge on any atom is 0.258 e. The molecule has 0 saturated heterocycles. The molecule has 1 unspecified atom stereocenters. The van der Waals surface area contributed by atoms with E-state index in [-0.39, 0.29) is 24.5 Å². The maximum absolute atomic E-state index is 12.6. The Morgan fingerprint density at radius 2 is 2.00 bits per heavy atom. The highest BCUT2D eigenvalue weighted by Crippen LogP contribution is 2.28. The molecule has 0 aliphatic rings. The van der Waals surface area contributed by atoms with Gasteiger partial charge in [-0.3, -0.25) is 4.79 Å². The van der Waals surface area contributed by atoms with Crippen molar-refractivity contribution >= 4 is 23.0 Å². The first-order chi connectivity index (χ1) is 14.0. The molecule has 0 bridgehead atoms. The molecule has 1 aromatic heterocycles. The quantitative estimate of drug-likeness (QED) is 0.591. The second-order valence-electron chi connectivity index (χ2n) is 7.13. The number of ether oxygens (including phenoxy) is 2. The smallest absolute Gasteiger partial charge is 0.258 e. The van der Waals surface area contributed by atoms with Crippen LogP contribution in [0.2, 0.25) is 0 Å². The van der Waals surface area contributed by atoms with Crippen molar-refractivity contribution in [1.29, 1.82) is 0 Å². The van der Waals surface area contributed by atoms with Gasteiger partial charge in [-0.25, -0.2) is 4.98 Å². The number of para-hydroxylation sites is 2. The van der Waals surface area contributed by atoms with E-state index in [1.807, 2.05) is 69.3 Å². The Kier molecular flexibility index (Phi) is 6.54. The molecule has 0 aliphatic heterocycles. The van der Waals surface area contributed by atoms with E-state index < -0.39 is 0 Å². The molecule has 3 aromatic rings. The zero-order valence-electron chi connectivity index (χ0n) is 17.2. The standard InChI is InChI=1S/C23H27N3O3/c1-5-8-16-11-12-19(20(13-16)28-4)29-14-21(27)26-22(15(2)3)23-24-17-9-6-7-10-18(17)25-23/h5-13,15,22H,14H2,1-4H3,(H,24,25)(H,26,27)/b8-5+. The fourth-order valence-electron chi connectivity index (χ4n) is 3.13. The van der Waals surface area contributed by atoms with Gasteiger partial charge in [-0.2, -0.15) is 0 Å². The van der Waals surface area contributed by atoms with E-state index in [1.54, 1.807) is 13.2 Å². The number of amides is 1. The molecule has 0 aliphatic carbocycles. The van der Waals surface area contributed by atoms with Gasteiger partial charge >= 0.3 is 0 Å². The number of allylic oxidation sites excluding steroid dienone is 1. The van der Waals surface area contributed by atoms with Crippen molar-refractivity contribution in [2.75, 3.05) is 13.7 Å². The number of methoxy groups -OCH3 is 1. The van der Waals surface area contributed by atoms with Gasteiger partial charge in [0.2, 0.25) is 0 Å². The van der Waals surface area contributed by atoms with Crippen LogP contribution in [0.15, 0.2) is 48.5 Å². The van der Waals surface area contributed by atoms with Crippen molar-refractivity contribution in [2.24, 2.45) is 5.92 Å². The summed E-state index contributed by atoms with van der Waals surface area (Å²) >= 11 is 0. The number of aromatic nitrogens is 2. The van der Waals surface area contributed by atoms with Crippen LogP contribution in [0.3, 0.4) is 0 Å². The van der Waals surface area contributed by atoms with Crippen LogP contribution in [-0.2, 0) is 4.79 Å². The van der Waals surface area contributed by atoms with Crippen molar-refractivity contribution in [2.45, 2.75) is 26.8 Å². The van der Waals surface area contributed by atoms with Crippen molar-refractivity contribution < 1.29 is 14.3 Å². The molecule has 0 saturated carbocycles.